The van der Waals surface area contributed by atoms with Crippen molar-refractivity contribution in [2.24, 2.45) is 5.73 Å². The van der Waals surface area contributed by atoms with E-state index in [0.29, 0.717) is 0 Å². The molecule has 76 valence electrons. The highest BCUT2D eigenvalue weighted by Gasteiger charge is 2.17. The minimum atomic E-state index is -0.740. The Bertz CT molecular complexity index is 287. The summed E-state index contributed by atoms with van der Waals surface area (Å²) in [5.74, 6) is -0.520. The standard InChI is InChI=1S/C10H13NO3/c1-13-7-14-9(10(11)12)8-5-3-2-4-6-8/h2-6,9H,7H2,1H3,(H2,11,12). The van der Waals surface area contributed by atoms with Crippen LogP contribution in [0, 0.1) is 0 Å². The van der Waals surface area contributed by atoms with E-state index < -0.39 is 12.0 Å². The highest BCUT2D eigenvalue weighted by molar-refractivity contribution is 5.80. The van der Waals surface area contributed by atoms with E-state index in [1.54, 1.807) is 12.1 Å². The van der Waals surface area contributed by atoms with Crippen LogP contribution in [0.1, 0.15) is 11.7 Å². The zero-order chi connectivity index (χ0) is 10.4. The number of carbonyl (C=O) groups is 1. The summed E-state index contributed by atoms with van der Waals surface area (Å²) in [6.07, 6.45) is -0.740. The molecule has 1 unspecified atom stereocenters. The Hall–Kier alpha value is -1.39. The van der Waals surface area contributed by atoms with Crippen molar-refractivity contribution in [3.05, 3.63) is 35.9 Å². The van der Waals surface area contributed by atoms with E-state index in [0.717, 1.165) is 5.56 Å². The molecule has 0 heterocycles. The molecule has 14 heavy (non-hydrogen) atoms. The molecule has 0 aliphatic carbocycles. The monoisotopic (exact) mass is 195 g/mol. The van der Waals surface area contributed by atoms with Gasteiger partial charge < -0.3 is 15.2 Å². The molecule has 0 saturated heterocycles. The lowest BCUT2D eigenvalue weighted by molar-refractivity contribution is -0.139. The van der Waals surface area contributed by atoms with Gasteiger partial charge in [-0.1, -0.05) is 30.3 Å². The molecule has 2 N–H and O–H groups in total. The summed E-state index contributed by atoms with van der Waals surface area (Å²) in [6.45, 7) is 0.0441. The average Bonchev–Trinajstić information content (AvgIpc) is 2.19. The lowest BCUT2D eigenvalue weighted by Gasteiger charge is -2.13. The van der Waals surface area contributed by atoms with Gasteiger partial charge in [0.1, 0.15) is 6.79 Å². The van der Waals surface area contributed by atoms with Crippen molar-refractivity contribution < 1.29 is 14.3 Å². The highest BCUT2D eigenvalue weighted by atomic mass is 16.7. The topological polar surface area (TPSA) is 61.6 Å². The Morgan fingerprint density at radius 2 is 2.07 bits per heavy atom. The number of amides is 1. The summed E-state index contributed by atoms with van der Waals surface area (Å²) >= 11 is 0. The van der Waals surface area contributed by atoms with E-state index in [1.165, 1.54) is 7.11 Å². The molecule has 1 atom stereocenters. The quantitative estimate of drug-likeness (QED) is 0.708. The molecule has 0 spiro atoms. The molecule has 1 amide bonds. The first-order chi connectivity index (χ1) is 6.75. The SMILES string of the molecule is COCOC(C(N)=O)c1ccccc1. The van der Waals surface area contributed by atoms with Gasteiger partial charge in [0.25, 0.3) is 5.91 Å². The molecule has 1 aromatic carbocycles. The zero-order valence-electron chi connectivity index (χ0n) is 7.97. The maximum absolute atomic E-state index is 11.0. The van der Waals surface area contributed by atoms with Gasteiger partial charge in [-0.05, 0) is 5.56 Å². The zero-order valence-corrected chi connectivity index (χ0v) is 7.97. The second-order valence-corrected chi connectivity index (χ2v) is 2.77. The van der Waals surface area contributed by atoms with Crippen molar-refractivity contribution >= 4 is 5.91 Å². The van der Waals surface area contributed by atoms with Crippen LogP contribution in [-0.2, 0) is 14.3 Å². The third kappa shape index (κ3) is 2.83. The van der Waals surface area contributed by atoms with E-state index in [1.807, 2.05) is 18.2 Å². The van der Waals surface area contributed by atoms with Crippen LogP contribution in [0.25, 0.3) is 0 Å². The van der Waals surface area contributed by atoms with Gasteiger partial charge in [-0.3, -0.25) is 4.79 Å². The van der Waals surface area contributed by atoms with Crippen LogP contribution in [0.15, 0.2) is 30.3 Å². The first-order valence-corrected chi connectivity index (χ1v) is 4.20. The molecule has 0 aliphatic rings. The van der Waals surface area contributed by atoms with E-state index in [-0.39, 0.29) is 6.79 Å². The van der Waals surface area contributed by atoms with Crippen LogP contribution in [0.4, 0.5) is 0 Å². The number of rotatable bonds is 5. The minimum absolute atomic E-state index is 0.0441. The van der Waals surface area contributed by atoms with E-state index in [2.05, 4.69) is 0 Å². The van der Waals surface area contributed by atoms with Crippen LogP contribution < -0.4 is 5.73 Å². The van der Waals surface area contributed by atoms with E-state index >= 15 is 0 Å². The Morgan fingerprint density at radius 3 is 2.57 bits per heavy atom. The summed E-state index contributed by atoms with van der Waals surface area (Å²) in [7, 11) is 1.49. The Morgan fingerprint density at radius 1 is 1.43 bits per heavy atom. The summed E-state index contributed by atoms with van der Waals surface area (Å²) in [5.41, 5.74) is 5.92. The Balaban J connectivity index is 2.73. The predicted molar refractivity (Wildman–Crippen MR) is 51.3 cm³/mol. The van der Waals surface area contributed by atoms with Gasteiger partial charge >= 0.3 is 0 Å². The number of primary amides is 1. The number of hydrogen-bond donors (Lipinski definition) is 1. The molecule has 1 rings (SSSR count). The first kappa shape index (κ1) is 10.7. The lowest BCUT2D eigenvalue weighted by atomic mass is 10.1. The summed E-state index contributed by atoms with van der Waals surface area (Å²) in [6, 6.07) is 9.07. The predicted octanol–water partition coefficient (Wildman–Crippen LogP) is 0.833. The first-order valence-electron chi connectivity index (χ1n) is 4.20. The number of methoxy groups -OCH3 is 1. The van der Waals surface area contributed by atoms with Crippen molar-refractivity contribution in [2.45, 2.75) is 6.10 Å². The third-order valence-electron chi connectivity index (χ3n) is 1.71. The van der Waals surface area contributed by atoms with E-state index in [9.17, 15) is 4.79 Å². The fraction of sp³-hybridized carbons (Fsp3) is 0.300. The van der Waals surface area contributed by atoms with Crippen molar-refractivity contribution in [3.63, 3.8) is 0 Å². The number of carbonyl (C=O) groups excluding carboxylic acids is 1. The molecule has 1 aromatic rings. The fourth-order valence-corrected chi connectivity index (χ4v) is 1.11. The minimum Gasteiger partial charge on any atom is -0.367 e. The number of benzene rings is 1. The van der Waals surface area contributed by atoms with Gasteiger partial charge in [-0.15, -0.1) is 0 Å². The van der Waals surface area contributed by atoms with Crippen molar-refractivity contribution in [2.75, 3.05) is 13.9 Å². The third-order valence-corrected chi connectivity index (χ3v) is 1.71. The Kier molecular flexibility index (Phi) is 4.10. The van der Waals surface area contributed by atoms with Crippen LogP contribution in [-0.4, -0.2) is 19.8 Å². The van der Waals surface area contributed by atoms with E-state index in [4.69, 9.17) is 15.2 Å². The molecule has 0 bridgehead atoms. The molecule has 4 nitrogen and oxygen atoms in total. The average molecular weight is 195 g/mol. The lowest BCUT2D eigenvalue weighted by Crippen LogP contribution is -2.24. The number of ether oxygens (including phenoxy) is 2. The molecule has 4 heteroatoms. The number of nitrogens with two attached hydrogens (primary N) is 1. The van der Waals surface area contributed by atoms with Gasteiger partial charge in [0.15, 0.2) is 6.10 Å². The smallest absolute Gasteiger partial charge is 0.251 e. The molecule has 0 radical (unpaired) electrons. The molecule has 0 saturated carbocycles. The van der Waals surface area contributed by atoms with Gasteiger partial charge in [-0.2, -0.15) is 0 Å². The second kappa shape index (κ2) is 5.36. The second-order valence-electron chi connectivity index (χ2n) is 2.77. The van der Waals surface area contributed by atoms with Crippen LogP contribution in [0.3, 0.4) is 0 Å². The summed E-state index contributed by atoms with van der Waals surface area (Å²) in [4.78, 5) is 11.0. The number of hydrogen-bond acceptors (Lipinski definition) is 3. The van der Waals surface area contributed by atoms with Gasteiger partial charge in [-0.25, -0.2) is 0 Å². The summed E-state index contributed by atoms with van der Waals surface area (Å²) in [5, 5.41) is 0. The maximum atomic E-state index is 11.0. The summed E-state index contributed by atoms with van der Waals surface area (Å²) < 4.78 is 9.86. The fourth-order valence-electron chi connectivity index (χ4n) is 1.11. The normalized spacial score (nSPS) is 12.4. The Labute approximate surface area is 82.6 Å². The van der Waals surface area contributed by atoms with Crippen LogP contribution in [0.5, 0.6) is 0 Å². The molecule has 0 aromatic heterocycles. The van der Waals surface area contributed by atoms with Crippen LogP contribution >= 0.6 is 0 Å². The van der Waals surface area contributed by atoms with Gasteiger partial charge in [0.05, 0.1) is 0 Å². The molecular formula is C10H13NO3. The largest absolute Gasteiger partial charge is 0.367 e. The highest BCUT2D eigenvalue weighted by Crippen LogP contribution is 2.15. The molecular weight excluding hydrogens is 182 g/mol. The van der Waals surface area contributed by atoms with Crippen molar-refractivity contribution in [1.29, 1.82) is 0 Å². The van der Waals surface area contributed by atoms with Crippen LogP contribution in [0.2, 0.25) is 0 Å². The molecule has 0 aliphatic heterocycles. The maximum Gasteiger partial charge on any atom is 0.251 e. The molecule has 0 fully saturated rings. The van der Waals surface area contributed by atoms with Crippen molar-refractivity contribution in [3.8, 4) is 0 Å². The van der Waals surface area contributed by atoms with Gasteiger partial charge in [0, 0.05) is 7.11 Å². The van der Waals surface area contributed by atoms with Crippen molar-refractivity contribution in [1.82, 2.24) is 0 Å². The van der Waals surface area contributed by atoms with Gasteiger partial charge in [0.2, 0.25) is 0 Å².